The van der Waals surface area contributed by atoms with Gasteiger partial charge in [0.25, 0.3) is 0 Å². The maximum Gasteiger partial charge on any atom is 0.229 e. The standard InChI is InChI=1S/C12H17N3O2S/c1-13-10(16)6-9-7-18-12(14-9)15-11(17)8-4-2-3-5-8/h7-8H,2-6H2,1H3,(H,13,16)(H,14,15,17). The first-order chi connectivity index (χ1) is 8.69. The molecule has 0 saturated heterocycles. The Labute approximate surface area is 110 Å². The minimum absolute atomic E-state index is 0.0633. The van der Waals surface area contributed by atoms with E-state index in [9.17, 15) is 9.59 Å². The SMILES string of the molecule is CNC(=O)Cc1csc(NC(=O)C2CCCC2)n1. The molecule has 5 nitrogen and oxygen atoms in total. The van der Waals surface area contributed by atoms with Gasteiger partial charge in [0.1, 0.15) is 0 Å². The van der Waals surface area contributed by atoms with Crippen LogP contribution in [0.5, 0.6) is 0 Å². The highest BCUT2D eigenvalue weighted by molar-refractivity contribution is 7.13. The van der Waals surface area contributed by atoms with Gasteiger partial charge in [-0.25, -0.2) is 4.98 Å². The van der Waals surface area contributed by atoms with Gasteiger partial charge in [-0.1, -0.05) is 12.8 Å². The smallest absolute Gasteiger partial charge is 0.229 e. The Morgan fingerprint density at radius 2 is 2.17 bits per heavy atom. The van der Waals surface area contributed by atoms with E-state index < -0.39 is 0 Å². The Kier molecular flexibility index (Phi) is 4.30. The largest absolute Gasteiger partial charge is 0.359 e. The average Bonchev–Trinajstić information content (AvgIpc) is 3.00. The first-order valence-corrected chi connectivity index (χ1v) is 7.03. The van der Waals surface area contributed by atoms with Gasteiger partial charge < -0.3 is 10.6 Å². The van der Waals surface area contributed by atoms with Crippen LogP contribution in [0.2, 0.25) is 0 Å². The van der Waals surface area contributed by atoms with Crippen LogP contribution in [0.3, 0.4) is 0 Å². The highest BCUT2D eigenvalue weighted by Gasteiger charge is 2.23. The summed E-state index contributed by atoms with van der Waals surface area (Å²) >= 11 is 1.37. The zero-order chi connectivity index (χ0) is 13.0. The van der Waals surface area contributed by atoms with Crippen LogP contribution in [0.1, 0.15) is 31.4 Å². The van der Waals surface area contributed by atoms with Crippen LogP contribution in [-0.2, 0) is 16.0 Å². The molecule has 1 aliphatic rings. The van der Waals surface area contributed by atoms with Crippen molar-refractivity contribution in [1.82, 2.24) is 10.3 Å². The summed E-state index contributed by atoms with van der Waals surface area (Å²) < 4.78 is 0. The van der Waals surface area contributed by atoms with Crippen molar-refractivity contribution in [3.63, 3.8) is 0 Å². The van der Waals surface area contributed by atoms with Crippen molar-refractivity contribution in [2.24, 2.45) is 5.92 Å². The van der Waals surface area contributed by atoms with Crippen LogP contribution in [0, 0.1) is 5.92 Å². The molecule has 0 unspecified atom stereocenters. The third kappa shape index (κ3) is 3.29. The lowest BCUT2D eigenvalue weighted by molar-refractivity contribution is -0.120. The number of hydrogen-bond donors (Lipinski definition) is 2. The van der Waals surface area contributed by atoms with Gasteiger partial charge in [0.05, 0.1) is 12.1 Å². The molecule has 1 aromatic rings. The Hall–Kier alpha value is -1.43. The summed E-state index contributed by atoms with van der Waals surface area (Å²) in [5.41, 5.74) is 0.695. The Morgan fingerprint density at radius 3 is 2.83 bits per heavy atom. The van der Waals surface area contributed by atoms with Crippen LogP contribution in [0.4, 0.5) is 5.13 Å². The normalized spacial score (nSPS) is 15.6. The molecular weight excluding hydrogens is 250 g/mol. The fourth-order valence-corrected chi connectivity index (χ4v) is 2.81. The predicted octanol–water partition coefficient (Wildman–Crippen LogP) is 1.56. The number of carbonyl (C=O) groups excluding carboxylic acids is 2. The van der Waals surface area contributed by atoms with Crippen molar-refractivity contribution >= 4 is 28.3 Å². The number of nitrogens with one attached hydrogen (secondary N) is 2. The van der Waals surface area contributed by atoms with Crippen LogP contribution in [0.15, 0.2) is 5.38 Å². The number of nitrogens with zero attached hydrogens (tertiary/aromatic N) is 1. The fourth-order valence-electron chi connectivity index (χ4n) is 2.09. The third-order valence-electron chi connectivity index (χ3n) is 3.13. The summed E-state index contributed by atoms with van der Waals surface area (Å²) in [5.74, 6) is 0.124. The van der Waals surface area contributed by atoms with Crippen LogP contribution >= 0.6 is 11.3 Å². The van der Waals surface area contributed by atoms with Crippen molar-refractivity contribution in [2.45, 2.75) is 32.1 Å². The van der Waals surface area contributed by atoms with Crippen molar-refractivity contribution in [2.75, 3.05) is 12.4 Å². The second-order valence-corrected chi connectivity index (χ2v) is 5.32. The summed E-state index contributed by atoms with van der Waals surface area (Å²) in [6.07, 6.45) is 4.48. The molecule has 1 fully saturated rings. The number of hydrogen-bond acceptors (Lipinski definition) is 4. The number of thiazole rings is 1. The topological polar surface area (TPSA) is 71.1 Å². The van der Waals surface area contributed by atoms with E-state index in [1.807, 2.05) is 0 Å². The average molecular weight is 267 g/mol. The molecule has 2 rings (SSSR count). The van der Waals surface area contributed by atoms with Crippen molar-refractivity contribution in [1.29, 1.82) is 0 Å². The van der Waals surface area contributed by atoms with Crippen molar-refractivity contribution < 1.29 is 9.59 Å². The molecule has 18 heavy (non-hydrogen) atoms. The number of carbonyl (C=O) groups is 2. The number of anilines is 1. The van der Waals surface area contributed by atoms with E-state index in [-0.39, 0.29) is 24.2 Å². The van der Waals surface area contributed by atoms with Gasteiger partial charge in [0.15, 0.2) is 5.13 Å². The quantitative estimate of drug-likeness (QED) is 0.869. The van der Waals surface area contributed by atoms with Gasteiger partial charge in [-0.05, 0) is 12.8 Å². The molecule has 6 heteroatoms. The lowest BCUT2D eigenvalue weighted by Gasteiger charge is -2.07. The molecule has 1 aliphatic carbocycles. The number of likely N-dealkylation sites (N-methyl/N-ethyl adjacent to an activating group) is 1. The summed E-state index contributed by atoms with van der Waals surface area (Å²) in [5, 5.41) is 7.77. The highest BCUT2D eigenvalue weighted by atomic mass is 32.1. The lowest BCUT2D eigenvalue weighted by atomic mass is 10.1. The van der Waals surface area contributed by atoms with E-state index in [0.717, 1.165) is 25.7 Å². The van der Waals surface area contributed by atoms with Gasteiger partial charge in [-0.3, -0.25) is 9.59 Å². The number of amides is 2. The van der Waals surface area contributed by atoms with Crippen LogP contribution in [0.25, 0.3) is 0 Å². The molecule has 1 heterocycles. The van der Waals surface area contributed by atoms with Crippen molar-refractivity contribution in [3.8, 4) is 0 Å². The van der Waals surface area contributed by atoms with Gasteiger partial charge in [-0.15, -0.1) is 11.3 Å². The van der Waals surface area contributed by atoms with E-state index in [2.05, 4.69) is 15.6 Å². The monoisotopic (exact) mass is 267 g/mol. The summed E-state index contributed by atoms with van der Waals surface area (Å²) in [6.45, 7) is 0. The van der Waals surface area contributed by atoms with E-state index >= 15 is 0 Å². The Morgan fingerprint density at radius 1 is 1.44 bits per heavy atom. The predicted molar refractivity (Wildman–Crippen MR) is 70.5 cm³/mol. The summed E-state index contributed by atoms with van der Waals surface area (Å²) in [6, 6.07) is 0. The molecule has 0 spiro atoms. The molecule has 1 aromatic heterocycles. The minimum atomic E-state index is -0.0750. The molecule has 1 saturated carbocycles. The third-order valence-corrected chi connectivity index (χ3v) is 3.93. The van der Waals surface area contributed by atoms with Crippen LogP contribution < -0.4 is 10.6 Å². The second kappa shape index (κ2) is 5.95. The van der Waals surface area contributed by atoms with E-state index in [4.69, 9.17) is 0 Å². The summed E-state index contributed by atoms with van der Waals surface area (Å²) in [4.78, 5) is 27.3. The fraction of sp³-hybridized carbons (Fsp3) is 0.583. The first-order valence-electron chi connectivity index (χ1n) is 6.15. The molecule has 0 bridgehead atoms. The second-order valence-electron chi connectivity index (χ2n) is 4.46. The molecular formula is C12H17N3O2S. The van der Waals surface area contributed by atoms with E-state index in [1.165, 1.54) is 11.3 Å². The minimum Gasteiger partial charge on any atom is -0.359 e. The van der Waals surface area contributed by atoms with Gasteiger partial charge >= 0.3 is 0 Å². The maximum absolute atomic E-state index is 11.9. The first kappa shape index (κ1) is 13.0. The molecule has 98 valence electrons. The van der Waals surface area contributed by atoms with Gasteiger partial charge in [0, 0.05) is 18.3 Å². The molecule has 0 aromatic carbocycles. The zero-order valence-corrected chi connectivity index (χ0v) is 11.2. The highest BCUT2D eigenvalue weighted by Crippen LogP contribution is 2.26. The molecule has 2 N–H and O–H groups in total. The lowest BCUT2D eigenvalue weighted by Crippen LogP contribution is -2.21. The molecule has 0 atom stereocenters. The molecule has 2 amide bonds. The molecule has 0 aliphatic heterocycles. The Balaban J connectivity index is 1.89. The molecule has 0 radical (unpaired) electrons. The zero-order valence-electron chi connectivity index (χ0n) is 10.4. The van der Waals surface area contributed by atoms with Crippen molar-refractivity contribution in [3.05, 3.63) is 11.1 Å². The van der Waals surface area contributed by atoms with Gasteiger partial charge in [-0.2, -0.15) is 0 Å². The van der Waals surface area contributed by atoms with E-state index in [1.54, 1.807) is 12.4 Å². The maximum atomic E-state index is 11.9. The van der Waals surface area contributed by atoms with Gasteiger partial charge in [0.2, 0.25) is 11.8 Å². The van der Waals surface area contributed by atoms with E-state index in [0.29, 0.717) is 10.8 Å². The number of rotatable bonds is 4. The Bertz CT molecular complexity index is 438. The summed E-state index contributed by atoms with van der Waals surface area (Å²) in [7, 11) is 1.59. The van der Waals surface area contributed by atoms with Crippen LogP contribution in [-0.4, -0.2) is 23.8 Å². The number of aromatic nitrogens is 1.